The number of hydrogen-bond donors (Lipinski definition) is 0. The molecule has 0 bridgehead atoms. The summed E-state index contributed by atoms with van der Waals surface area (Å²) in [5.74, 6) is 1.14. The van der Waals surface area contributed by atoms with Gasteiger partial charge in [-0.1, -0.05) is 31.9 Å². The summed E-state index contributed by atoms with van der Waals surface area (Å²) >= 11 is 7.31. The van der Waals surface area contributed by atoms with Gasteiger partial charge in [-0.3, -0.25) is 4.90 Å². The normalized spacial score (nSPS) is 20.8. The summed E-state index contributed by atoms with van der Waals surface area (Å²) in [6.07, 6.45) is 3.54. The molecule has 0 radical (unpaired) electrons. The third kappa shape index (κ3) is 2.75. The first-order chi connectivity index (χ1) is 8.72. The molecule has 2 heterocycles. The number of rotatable bonds is 2. The van der Waals surface area contributed by atoms with Crippen molar-refractivity contribution in [2.24, 2.45) is 0 Å². The average molecular weight is 375 g/mol. The summed E-state index contributed by atoms with van der Waals surface area (Å²) in [5, 5.41) is 0. The number of halogens is 2. The zero-order valence-corrected chi connectivity index (χ0v) is 13.5. The molecule has 18 heavy (non-hydrogen) atoms. The first-order valence-electron chi connectivity index (χ1n) is 6.53. The zero-order chi connectivity index (χ0) is 12.5. The van der Waals surface area contributed by atoms with Crippen molar-refractivity contribution in [3.05, 3.63) is 27.7 Å². The molecule has 2 aliphatic rings. The molecule has 0 amide bonds. The summed E-state index contributed by atoms with van der Waals surface area (Å²) in [6, 6.07) is 4.40. The van der Waals surface area contributed by atoms with E-state index in [9.17, 15) is 0 Å². The third-order valence-corrected chi connectivity index (χ3v) is 5.11. The van der Waals surface area contributed by atoms with Gasteiger partial charge in [0.15, 0.2) is 0 Å². The van der Waals surface area contributed by atoms with Gasteiger partial charge in [-0.05, 0) is 43.6 Å². The molecule has 4 heteroatoms. The van der Waals surface area contributed by atoms with Crippen LogP contribution in [0.2, 0.25) is 0 Å². The monoisotopic (exact) mass is 373 g/mol. The van der Waals surface area contributed by atoms with E-state index in [2.05, 4.69) is 48.9 Å². The SMILES string of the molecule is Brc1cc2c(c(CN3CCC(Br)CC3)c1)OCC2. The van der Waals surface area contributed by atoms with E-state index < -0.39 is 0 Å². The van der Waals surface area contributed by atoms with Crippen LogP contribution in [0.1, 0.15) is 24.0 Å². The van der Waals surface area contributed by atoms with E-state index in [0.29, 0.717) is 4.83 Å². The fraction of sp³-hybridized carbons (Fsp3) is 0.571. The lowest BCUT2D eigenvalue weighted by atomic mass is 10.1. The number of alkyl halides is 1. The Morgan fingerprint density at radius 1 is 1.28 bits per heavy atom. The third-order valence-electron chi connectivity index (χ3n) is 3.74. The van der Waals surface area contributed by atoms with Crippen LogP contribution in [0.3, 0.4) is 0 Å². The van der Waals surface area contributed by atoms with Crippen molar-refractivity contribution >= 4 is 31.9 Å². The standard InChI is InChI=1S/C14H17Br2NO/c15-12-1-4-17(5-2-12)9-11-8-13(16)7-10-3-6-18-14(10)11/h7-8,12H,1-6,9H2. The van der Waals surface area contributed by atoms with Crippen LogP contribution in [0.15, 0.2) is 16.6 Å². The maximum absolute atomic E-state index is 5.79. The average Bonchev–Trinajstić information content (AvgIpc) is 2.80. The van der Waals surface area contributed by atoms with E-state index in [4.69, 9.17) is 4.74 Å². The maximum Gasteiger partial charge on any atom is 0.127 e. The van der Waals surface area contributed by atoms with Crippen molar-refractivity contribution in [3.8, 4) is 5.75 Å². The van der Waals surface area contributed by atoms with E-state index in [1.807, 2.05) is 0 Å². The Bertz CT molecular complexity index is 442. The highest BCUT2D eigenvalue weighted by Crippen LogP contribution is 2.34. The second-order valence-electron chi connectivity index (χ2n) is 5.10. The zero-order valence-electron chi connectivity index (χ0n) is 10.3. The van der Waals surface area contributed by atoms with Crippen molar-refractivity contribution in [1.29, 1.82) is 0 Å². The first kappa shape index (κ1) is 12.9. The second-order valence-corrected chi connectivity index (χ2v) is 7.31. The van der Waals surface area contributed by atoms with E-state index in [0.717, 1.165) is 25.3 Å². The smallest absolute Gasteiger partial charge is 0.127 e. The fourth-order valence-corrected chi connectivity index (χ4v) is 3.73. The molecule has 1 aromatic rings. The summed E-state index contributed by atoms with van der Waals surface area (Å²) in [4.78, 5) is 3.24. The summed E-state index contributed by atoms with van der Waals surface area (Å²) in [6.45, 7) is 4.21. The highest BCUT2D eigenvalue weighted by atomic mass is 79.9. The van der Waals surface area contributed by atoms with Crippen molar-refractivity contribution in [2.75, 3.05) is 19.7 Å². The lowest BCUT2D eigenvalue weighted by molar-refractivity contribution is 0.222. The van der Waals surface area contributed by atoms with Crippen molar-refractivity contribution in [1.82, 2.24) is 4.90 Å². The van der Waals surface area contributed by atoms with Gasteiger partial charge in [0.05, 0.1) is 6.61 Å². The second kappa shape index (κ2) is 5.51. The van der Waals surface area contributed by atoms with Crippen LogP contribution in [0, 0.1) is 0 Å². The molecule has 3 rings (SSSR count). The van der Waals surface area contributed by atoms with Gasteiger partial charge >= 0.3 is 0 Å². The molecule has 0 atom stereocenters. The summed E-state index contributed by atoms with van der Waals surface area (Å²) in [5.41, 5.74) is 2.69. The van der Waals surface area contributed by atoms with Gasteiger partial charge in [-0.15, -0.1) is 0 Å². The van der Waals surface area contributed by atoms with E-state index in [1.54, 1.807) is 0 Å². The van der Waals surface area contributed by atoms with Gasteiger partial charge in [0.2, 0.25) is 0 Å². The molecule has 1 saturated heterocycles. The Hall–Kier alpha value is -0.0600. The molecule has 0 aliphatic carbocycles. The Labute approximate surface area is 125 Å². The quantitative estimate of drug-likeness (QED) is 0.731. The van der Waals surface area contributed by atoms with Crippen LogP contribution < -0.4 is 4.74 Å². The molecule has 2 nitrogen and oxygen atoms in total. The van der Waals surface area contributed by atoms with Crippen LogP contribution in [0.4, 0.5) is 0 Å². The Morgan fingerprint density at radius 2 is 2.06 bits per heavy atom. The van der Waals surface area contributed by atoms with Gasteiger partial charge in [-0.25, -0.2) is 0 Å². The molecular formula is C14H17Br2NO. The number of likely N-dealkylation sites (tertiary alicyclic amines) is 1. The minimum absolute atomic E-state index is 0.707. The summed E-state index contributed by atoms with van der Waals surface area (Å²) < 4.78 is 6.97. The molecule has 1 fully saturated rings. The highest BCUT2D eigenvalue weighted by molar-refractivity contribution is 9.10. The number of piperidine rings is 1. The number of hydrogen-bond acceptors (Lipinski definition) is 2. The Kier molecular flexibility index (Phi) is 3.97. The van der Waals surface area contributed by atoms with Crippen LogP contribution >= 0.6 is 31.9 Å². The number of ether oxygens (including phenoxy) is 1. The van der Waals surface area contributed by atoms with Gasteiger partial charge < -0.3 is 4.74 Å². The number of nitrogens with zero attached hydrogens (tertiary/aromatic N) is 1. The largest absolute Gasteiger partial charge is 0.493 e. The minimum Gasteiger partial charge on any atom is -0.493 e. The van der Waals surface area contributed by atoms with Gasteiger partial charge in [-0.2, -0.15) is 0 Å². The molecule has 1 aromatic carbocycles. The molecular weight excluding hydrogens is 358 g/mol. The molecule has 0 spiro atoms. The highest BCUT2D eigenvalue weighted by Gasteiger charge is 2.21. The van der Waals surface area contributed by atoms with E-state index >= 15 is 0 Å². The van der Waals surface area contributed by atoms with Gasteiger partial charge in [0, 0.05) is 27.8 Å². The van der Waals surface area contributed by atoms with Crippen molar-refractivity contribution in [2.45, 2.75) is 30.6 Å². The molecule has 0 aromatic heterocycles. The Morgan fingerprint density at radius 3 is 2.83 bits per heavy atom. The molecule has 0 saturated carbocycles. The van der Waals surface area contributed by atoms with Gasteiger partial charge in [0.1, 0.15) is 5.75 Å². The van der Waals surface area contributed by atoms with Crippen LogP contribution in [0.25, 0.3) is 0 Å². The van der Waals surface area contributed by atoms with Crippen LogP contribution in [0.5, 0.6) is 5.75 Å². The fourth-order valence-electron chi connectivity index (χ4n) is 2.76. The topological polar surface area (TPSA) is 12.5 Å². The van der Waals surface area contributed by atoms with Gasteiger partial charge in [0.25, 0.3) is 0 Å². The number of fused-ring (bicyclic) bond motifs is 1. The first-order valence-corrected chi connectivity index (χ1v) is 8.24. The predicted octanol–water partition coefficient (Wildman–Crippen LogP) is 3.74. The predicted molar refractivity (Wildman–Crippen MR) is 80.6 cm³/mol. The van der Waals surface area contributed by atoms with E-state index in [1.165, 1.54) is 41.5 Å². The summed E-state index contributed by atoms with van der Waals surface area (Å²) in [7, 11) is 0. The van der Waals surface area contributed by atoms with Crippen LogP contribution in [-0.2, 0) is 13.0 Å². The van der Waals surface area contributed by atoms with E-state index in [-0.39, 0.29) is 0 Å². The lowest BCUT2D eigenvalue weighted by Crippen LogP contribution is -2.33. The maximum atomic E-state index is 5.79. The number of benzene rings is 1. The van der Waals surface area contributed by atoms with Crippen molar-refractivity contribution in [3.63, 3.8) is 0 Å². The molecule has 0 N–H and O–H groups in total. The molecule has 98 valence electrons. The van der Waals surface area contributed by atoms with Crippen LogP contribution in [-0.4, -0.2) is 29.4 Å². The minimum atomic E-state index is 0.707. The Balaban J connectivity index is 1.76. The lowest BCUT2D eigenvalue weighted by Gasteiger charge is -2.29. The molecule has 0 unspecified atom stereocenters. The van der Waals surface area contributed by atoms with Crippen molar-refractivity contribution < 1.29 is 4.74 Å². The molecule has 2 aliphatic heterocycles.